The Hall–Kier alpha value is -3.75. The van der Waals surface area contributed by atoms with Crippen molar-refractivity contribution in [3.8, 4) is 0 Å². The molecule has 0 aromatic carbocycles. The predicted octanol–water partition coefficient (Wildman–Crippen LogP) is 1.36. The summed E-state index contributed by atoms with van der Waals surface area (Å²) in [5.74, 6) is 0.833. The zero-order valence-corrected chi connectivity index (χ0v) is 15.7. The van der Waals surface area contributed by atoms with Crippen LogP contribution in [0.1, 0.15) is 26.6 Å². The average molecular weight is 392 g/mol. The van der Waals surface area contributed by atoms with Crippen LogP contribution in [-0.4, -0.2) is 57.8 Å². The molecule has 0 radical (unpaired) electrons. The SMILES string of the molecule is O=C(NCc1ccco1)c1ccnc(C(=O)N2CCN(c3ncccn3)CC2)c1. The van der Waals surface area contributed by atoms with Gasteiger partial charge in [0.15, 0.2) is 0 Å². The molecule has 0 atom stereocenters. The van der Waals surface area contributed by atoms with Gasteiger partial charge in [0.2, 0.25) is 5.95 Å². The van der Waals surface area contributed by atoms with Gasteiger partial charge in [-0.15, -0.1) is 0 Å². The van der Waals surface area contributed by atoms with E-state index < -0.39 is 0 Å². The maximum absolute atomic E-state index is 12.8. The Morgan fingerprint density at radius 3 is 2.52 bits per heavy atom. The number of piperazine rings is 1. The minimum atomic E-state index is -0.288. The maximum atomic E-state index is 12.8. The zero-order chi connectivity index (χ0) is 20.1. The number of aromatic nitrogens is 3. The van der Waals surface area contributed by atoms with Gasteiger partial charge in [0.25, 0.3) is 11.8 Å². The predicted molar refractivity (Wildman–Crippen MR) is 104 cm³/mol. The first-order valence-corrected chi connectivity index (χ1v) is 9.28. The van der Waals surface area contributed by atoms with Gasteiger partial charge in [-0.05, 0) is 30.3 Å². The van der Waals surface area contributed by atoms with Crippen molar-refractivity contribution in [1.82, 2.24) is 25.2 Å². The third kappa shape index (κ3) is 4.40. The van der Waals surface area contributed by atoms with Crippen molar-refractivity contribution in [3.63, 3.8) is 0 Å². The van der Waals surface area contributed by atoms with Crippen LogP contribution < -0.4 is 10.2 Å². The van der Waals surface area contributed by atoms with Crippen LogP contribution in [0.5, 0.6) is 0 Å². The van der Waals surface area contributed by atoms with Crippen molar-refractivity contribution in [3.05, 3.63) is 72.2 Å². The Kier molecular flexibility index (Phi) is 5.46. The van der Waals surface area contributed by atoms with E-state index in [0.717, 1.165) is 0 Å². The lowest BCUT2D eigenvalue weighted by atomic mass is 10.2. The van der Waals surface area contributed by atoms with Crippen molar-refractivity contribution < 1.29 is 14.0 Å². The van der Waals surface area contributed by atoms with Crippen LogP contribution in [0, 0.1) is 0 Å². The molecule has 148 valence electrons. The van der Waals surface area contributed by atoms with Crippen molar-refractivity contribution in [2.24, 2.45) is 0 Å². The molecule has 1 aliphatic heterocycles. The summed E-state index contributed by atoms with van der Waals surface area (Å²) < 4.78 is 5.20. The van der Waals surface area contributed by atoms with E-state index in [1.165, 1.54) is 12.3 Å². The lowest BCUT2D eigenvalue weighted by molar-refractivity contribution is 0.0740. The van der Waals surface area contributed by atoms with Crippen LogP contribution in [0.15, 0.2) is 59.6 Å². The molecular formula is C20H20N6O3. The van der Waals surface area contributed by atoms with Gasteiger partial charge in [-0.3, -0.25) is 14.6 Å². The lowest BCUT2D eigenvalue weighted by Crippen LogP contribution is -2.49. The molecular weight excluding hydrogens is 372 g/mol. The van der Waals surface area contributed by atoms with Gasteiger partial charge < -0.3 is 19.5 Å². The molecule has 0 saturated carbocycles. The summed E-state index contributed by atoms with van der Waals surface area (Å²) >= 11 is 0. The van der Waals surface area contributed by atoms with E-state index >= 15 is 0 Å². The zero-order valence-electron chi connectivity index (χ0n) is 15.7. The van der Waals surface area contributed by atoms with Gasteiger partial charge in [0.1, 0.15) is 11.5 Å². The highest BCUT2D eigenvalue weighted by Crippen LogP contribution is 2.13. The first-order valence-electron chi connectivity index (χ1n) is 9.28. The number of furan rings is 1. The number of anilines is 1. The largest absolute Gasteiger partial charge is 0.467 e. The van der Waals surface area contributed by atoms with Gasteiger partial charge in [0, 0.05) is 50.3 Å². The monoisotopic (exact) mass is 392 g/mol. The smallest absolute Gasteiger partial charge is 0.272 e. The van der Waals surface area contributed by atoms with Gasteiger partial charge >= 0.3 is 0 Å². The molecule has 9 nitrogen and oxygen atoms in total. The highest BCUT2D eigenvalue weighted by Gasteiger charge is 2.24. The molecule has 9 heteroatoms. The van der Waals surface area contributed by atoms with Gasteiger partial charge in [-0.1, -0.05) is 0 Å². The van der Waals surface area contributed by atoms with Crippen molar-refractivity contribution in [2.45, 2.75) is 6.54 Å². The highest BCUT2D eigenvalue weighted by atomic mass is 16.3. The molecule has 0 bridgehead atoms. The number of amides is 2. The fourth-order valence-corrected chi connectivity index (χ4v) is 3.10. The number of carbonyl (C=O) groups is 2. The molecule has 1 fully saturated rings. The number of rotatable bonds is 5. The summed E-state index contributed by atoms with van der Waals surface area (Å²) in [6.07, 6.45) is 6.43. The number of nitrogens with one attached hydrogen (secondary N) is 1. The second-order valence-electron chi connectivity index (χ2n) is 6.52. The summed E-state index contributed by atoms with van der Waals surface area (Å²) in [6.45, 7) is 2.63. The third-order valence-corrected chi connectivity index (χ3v) is 4.65. The van der Waals surface area contributed by atoms with Gasteiger partial charge in [0.05, 0.1) is 12.8 Å². The fraction of sp³-hybridized carbons (Fsp3) is 0.250. The average Bonchev–Trinajstić information content (AvgIpc) is 3.31. The van der Waals surface area contributed by atoms with Crippen LogP contribution >= 0.6 is 0 Å². The molecule has 2 amide bonds. The molecule has 4 rings (SSSR count). The van der Waals surface area contributed by atoms with Crippen LogP contribution in [0.4, 0.5) is 5.95 Å². The minimum absolute atomic E-state index is 0.195. The third-order valence-electron chi connectivity index (χ3n) is 4.65. The second-order valence-corrected chi connectivity index (χ2v) is 6.52. The molecule has 3 aromatic rings. The molecule has 1 saturated heterocycles. The fourth-order valence-electron chi connectivity index (χ4n) is 3.10. The summed E-state index contributed by atoms with van der Waals surface area (Å²) in [7, 11) is 0. The van der Waals surface area contributed by atoms with Crippen LogP contribution in [0.3, 0.4) is 0 Å². The summed E-state index contributed by atoms with van der Waals surface area (Å²) in [6, 6.07) is 8.41. The Balaban J connectivity index is 1.36. The van der Waals surface area contributed by atoms with E-state index in [4.69, 9.17) is 4.42 Å². The van der Waals surface area contributed by atoms with E-state index in [0.29, 0.717) is 43.5 Å². The van der Waals surface area contributed by atoms with Crippen LogP contribution in [0.25, 0.3) is 0 Å². The van der Waals surface area contributed by atoms with Crippen LogP contribution in [-0.2, 0) is 6.54 Å². The molecule has 0 aliphatic carbocycles. The van der Waals surface area contributed by atoms with Crippen molar-refractivity contribution in [1.29, 1.82) is 0 Å². The molecule has 4 heterocycles. The standard InChI is InChI=1S/C20H20N6O3/c27-18(24-14-16-3-1-12-29-16)15-4-7-21-17(13-15)19(28)25-8-10-26(11-9-25)20-22-5-2-6-23-20/h1-7,12-13H,8-11,14H2,(H,24,27). The first kappa shape index (κ1) is 18.6. The number of nitrogens with zero attached hydrogens (tertiary/aromatic N) is 5. The molecule has 29 heavy (non-hydrogen) atoms. The first-order chi connectivity index (χ1) is 14.2. The van der Waals surface area contributed by atoms with Gasteiger partial charge in [-0.2, -0.15) is 0 Å². The van der Waals surface area contributed by atoms with Crippen molar-refractivity contribution in [2.75, 3.05) is 31.1 Å². The molecule has 1 aliphatic rings. The number of pyridine rings is 1. The lowest BCUT2D eigenvalue weighted by Gasteiger charge is -2.34. The molecule has 3 aromatic heterocycles. The topological polar surface area (TPSA) is 104 Å². The second kappa shape index (κ2) is 8.51. The Labute approximate surface area is 167 Å². The Morgan fingerprint density at radius 2 is 1.79 bits per heavy atom. The normalized spacial score (nSPS) is 13.9. The summed E-state index contributed by atoms with van der Waals surface area (Å²) in [5, 5.41) is 2.77. The van der Waals surface area contributed by atoms with E-state index in [1.807, 2.05) is 4.90 Å². The quantitative estimate of drug-likeness (QED) is 0.699. The molecule has 1 N–H and O–H groups in total. The van der Waals surface area contributed by atoms with E-state index in [9.17, 15) is 9.59 Å². The van der Waals surface area contributed by atoms with Crippen LogP contribution in [0.2, 0.25) is 0 Å². The minimum Gasteiger partial charge on any atom is -0.467 e. The van der Waals surface area contributed by atoms with E-state index in [1.54, 1.807) is 47.8 Å². The van der Waals surface area contributed by atoms with E-state index in [-0.39, 0.29) is 24.1 Å². The van der Waals surface area contributed by atoms with Crippen molar-refractivity contribution >= 4 is 17.8 Å². The highest BCUT2D eigenvalue weighted by molar-refractivity contribution is 5.98. The van der Waals surface area contributed by atoms with E-state index in [2.05, 4.69) is 20.3 Å². The summed E-state index contributed by atoms with van der Waals surface area (Å²) in [5.41, 5.74) is 0.631. The molecule has 0 spiro atoms. The molecule has 0 unspecified atom stereocenters. The number of hydrogen-bond acceptors (Lipinski definition) is 7. The van der Waals surface area contributed by atoms with Gasteiger partial charge in [-0.25, -0.2) is 9.97 Å². The summed E-state index contributed by atoms with van der Waals surface area (Å²) in [4.78, 5) is 41.6. The number of hydrogen-bond donors (Lipinski definition) is 1. The Bertz CT molecular complexity index is 969. The number of carbonyl (C=O) groups excluding carboxylic acids is 2. The maximum Gasteiger partial charge on any atom is 0.272 e. The Morgan fingerprint density at radius 1 is 1.00 bits per heavy atom.